The third-order valence-corrected chi connectivity index (χ3v) is 3.74. The molecule has 0 bridgehead atoms. The fraction of sp³-hybridized carbons (Fsp3) is 0.250. The molecule has 5 nitrogen and oxygen atoms in total. The molecule has 1 aromatic heterocycles. The van der Waals surface area contributed by atoms with Crippen LogP contribution >= 0.6 is 11.8 Å². The topological polar surface area (TPSA) is 59.8 Å². The van der Waals surface area contributed by atoms with E-state index >= 15 is 0 Å². The second kappa shape index (κ2) is 4.45. The summed E-state index contributed by atoms with van der Waals surface area (Å²) >= 11 is 1.70. The first-order valence-electron chi connectivity index (χ1n) is 5.61. The summed E-state index contributed by atoms with van der Waals surface area (Å²) in [6, 6.07) is 8.14. The number of amides is 1. The summed E-state index contributed by atoms with van der Waals surface area (Å²) in [4.78, 5) is 16.9. The predicted octanol–water partition coefficient (Wildman–Crippen LogP) is 1.93. The number of carbonyl (C=O) groups is 1. The van der Waals surface area contributed by atoms with Gasteiger partial charge in [0.15, 0.2) is 0 Å². The lowest BCUT2D eigenvalue weighted by atomic mass is 10.0. The van der Waals surface area contributed by atoms with Crippen LogP contribution in [0.4, 0.5) is 5.95 Å². The molecular weight excluding hydrogens is 248 g/mol. The molecule has 0 radical (unpaired) electrons. The zero-order valence-electron chi connectivity index (χ0n) is 9.83. The molecule has 0 spiro atoms. The van der Waals surface area contributed by atoms with Gasteiger partial charge in [0, 0.05) is 4.90 Å². The van der Waals surface area contributed by atoms with Crippen LogP contribution in [0.5, 0.6) is 0 Å². The van der Waals surface area contributed by atoms with Crippen molar-refractivity contribution < 1.29 is 4.79 Å². The van der Waals surface area contributed by atoms with Gasteiger partial charge >= 0.3 is 0 Å². The number of rotatable bonds is 2. The second-order valence-corrected chi connectivity index (χ2v) is 4.95. The van der Waals surface area contributed by atoms with Gasteiger partial charge in [-0.05, 0) is 24.0 Å². The Balaban J connectivity index is 1.99. The molecule has 0 unspecified atom stereocenters. The minimum absolute atomic E-state index is 0.0190. The average Bonchev–Trinajstić information content (AvgIpc) is 2.86. The first-order valence-corrected chi connectivity index (χ1v) is 6.83. The van der Waals surface area contributed by atoms with E-state index in [9.17, 15) is 4.79 Å². The Bertz CT molecular complexity index is 578. The van der Waals surface area contributed by atoms with E-state index in [0.717, 1.165) is 5.56 Å². The van der Waals surface area contributed by atoms with Gasteiger partial charge in [-0.15, -0.1) is 11.8 Å². The van der Waals surface area contributed by atoms with Crippen molar-refractivity contribution in [3.8, 4) is 0 Å². The molecule has 1 aliphatic rings. The molecular formula is C12H12N4OS. The Morgan fingerprint density at radius 1 is 1.39 bits per heavy atom. The van der Waals surface area contributed by atoms with Gasteiger partial charge in [0.1, 0.15) is 6.33 Å². The van der Waals surface area contributed by atoms with Gasteiger partial charge < -0.3 is 0 Å². The molecule has 1 amide bonds. The lowest BCUT2D eigenvalue weighted by Gasteiger charge is -2.23. The van der Waals surface area contributed by atoms with E-state index in [1.807, 2.05) is 18.4 Å². The van der Waals surface area contributed by atoms with E-state index in [0.29, 0.717) is 12.4 Å². The van der Waals surface area contributed by atoms with E-state index in [1.165, 1.54) is 11.2 Å². The number of anilines is 1. The van der Waals surface area contributed by atoms with Crippen molar-refractivity contribution >= 4 is 23.6 Å². The third kappa shape index (κ3) is 1.88. The molecule has 0 aliphatic carbocycles. The fourth-order valence-electron chi connectivity index (χ4n) is 2.09. The number of thioether (sulfide) groups is 1. The number of hydrogen-bond donors (Lipinski definition) is 1. The molecule has 1 aliphatic heterocycles. The third-order valence-electron chi connectivity index (χ3n) is 3.00. The van der Waals surface area contributed by atoms with E-state index in [2.05, 4.69) is 27.5 Å². The van der Waals surface area contributed by atoms with E-state index in [4.69, 9.17) is 0 Å². The van der Waals surface area contributed by atoms with Crippen molar-refractivity contribution in [1.82, 2.24) is 14.8 Å². The monoisotopic (exact) mass is 260 g/mol. The Morgan fingerprint density at radius 2 is 2.17 bits per heavy atom. The molecule has 0 saturated heterocycles. The van der Waals surface area contributed by atoms with Gasteiger partial charge in [-0.1, -0.05) is 12.1 Å². The maximum atomic E-state index is 11.6. The van der Waals surface area contributed by atoms with Gasteiger partial charge in [-0.2, -0.15) is 10.1 Å². The zero-order valence-corrected chi connectivity index (χ0v) is 10.6. The van der Waals surface area contributed by atoms with Crippen LogP contribution in [0.3, 0.4) is 0 Å². The highest BCUT2D eigenvalue weighted by Gasteiger charge is 2.27. The van der Waals surface area contributed by atoms with Gasteiger partial charge in [0.2, 0.25) is 11.9 Å². The molecule has 92 valence electrons. The highest BCUT2D eigenvalue weighted by Crippen LogP contribution is 2.29. The smallest absolute Gasteiger partial charge is 0.229 e. The summed E-state index contributed by atoms with van der Waals surface area (Å²) in [5.41, 5.74) is 1.08. The van der Waals surface area contributed by atoms with Crippen molar-refractivity contribution in [3.05, 3.63) is 36.2 Å². The Labute approximate surface area is 109 Å². The lowest BCUT2D eigenvalue weighted by molar-refractivity contribution is -0.117. The summed E-state index contributed by atoms with van der Waals surface area (Å²) in [5.74, 6) is 0.500. The second-order valence-electron chi connectivity index (χ2n) is 4.07. The van der Waals surface area contributed by atoms with Crippen LogP contribution in [0.15, 0.2) is 35.5 Å². The van der Waals surface area contributed by atoms with Crippen molar-refractivity contribution in [2.75, 3.05) is 11.6 Å². The quantitative estimate of drug-likeness (QED) is 0.838. The highest BCUT2D eigenvalue weighted by atomic mass is 32.2. The van der Waals surface area contributed by atoms with Gasteiger partial charge in [0.05, 0.1) is 12.5 Å². The van der Waals surface area contributed by atoms with Crippen LogP contribution < -0.4 is 5.32 Å². The number of benzene rings is 1. The van der Waals surface area contributed by atoms with Crippen molar-refractivity contribution in [2.45, 2.75) is 17.4 Å². The SMILES string of the molecule is CSc1ccc([C@@H]2CC(=O)Nc3ncnn32)cc1. The molecule has 6 heteroatoms. The Hall–Kier alpha value is -1.82. The summed E-state index contributed by atoms with van der Waals surface area (Å²) in [7, 11) is 0. The molecule has 1 aromatic carbocycles. The number of carbonyl (C=O) groups excluding carboxylic acids is 1. The molecule has 18 heavy (non-hydrogen) atoms. The first-order chi connectivity index (χ1) is 8.78. The zero-order chi connectivity index (χ0) is 12.5. The minimum atomic E-state index is -0.0628. The lowest BCUT2D eigenvalue weighted by Crippen LogP contribution is -2.29. The van der Waals surface area contributed by atoms with Crippen LogP contribution in [0.1, 0.15) is 18.0 Å². The van der Waals surface area contributed by atoms with Crippen LogP contribution in [-0.4, -0.2) is 26.9 Å². The molecule has 1 atom stereocenters. The maximum absolute atomic E-state index is 11.6. The standard InChI is InChI=1S/C12H12N4OS/c1-18-9-4-2-8(3-5-9)10-6-11(17)15-12-13-7-14-16(10)12/h2-5,7,10H,6H2,1H3,(H,13,14,15,17)/t10-/m0/s1. The number of fused-ring (bicyclic) bond motifs is 1. The number of nitrogens with one attached hydrogen (secondary N) is 1. The minimum Gasteiger partial charge on any atom is -0.295 e. The number of aromatic nitrogens is 3. The molecule has 1 N–H and O–H groups in total. The van der Waals surface area contributed by atoms with E-state index in [-0.39, 0.29) is 11.9 Å². The summed E-state index contributed by atoms with van der Waals surface area (Å²) < 4.78 is 1.76. The molecule has 0 saturated carbocycles. The summed E-state index contributed by atoms with van der Waals surface area (Å²) in [6.45, 7) is 0. The van der Waals surface area contributed by atoms with E-state index in [1.54, 1.807) is 16.4 Å². The van der Waals surface area contributed by atoms with Crippen LogP contribution in [0.25, 0.3) is 0 Å². The van der Waals surface area contributed by atoms with Gasteiger partial charge in [0.25, 0.3) is 0 Å². The van der Waals surface area contributed by atoms with Crippen molar-refractivity contribution in [1.29, 1.82) is 0 Å². The number of nitrogens with zero attached hydrogens (tertiary/aromatic N) is 3. The molecule has 3 rings (SSSR count). The molecule has 2 heterocycles. The average molecular weight is 260 g/mol. The summed E-state index contributed by atoms with van der Waals surface area (Å²) in [6.07, 6.45) is 3.90. The molecule has 2 aromatic rings. The maximum Gasteiger partial charge on any atom is 0.229 e. The highest BCUT2D eigenvalue weighted by molar-refractivity contribution is 7.98. The largest absolute Gasteiger partial charge is 0.295 e. The summed E-state index contributed by atoms with van der Waals surface area (Å²) in [5, 5.41) is 6.89. The van der Waals surface area contributed by atoms with Crippen molar-refractivity contribution in [2.24, 2.45) is 0 Å². The van der Waals surface area contributed by atoms with Gasteiger partial charge in [-0.25, -0.2) is 4.68 Å². The first kappa shape index (κ1) is 11.3. The predicted molar refractivity (Wildman–Crippen MR) is 69.6 cm³/mol. The van der Waals surface area contributed by atoms with Crippen molar-refractivity contribution in [3.63, 3.8) is 0 Å². The Kier molecular flexibility index (Phi) is 2.79. The normalized spacial score (nSPS) is 18.3. The molecule has 0 fully saturated rings. The van der Waals surface area contributed by atoms with E-state index < -0.39 is 0 Å². The van der Waals surface area contributed by atoms with Crippen LogP contribution in [0, 0.1) is 0 Å². The van der Waals surface area contributed by atoms with Gasteiger partial charge in [-0.3, -0.25) is 10.1 Å². The Morgan fingerprint density at radius 3 is 2.89 bits per heavy atom. The van der Waals surface area contributed by atoms with Crippen LogP contribution in [0.2, 0.25) is 0 Å². The fourth-order valence-corrected chi connectivity index (χ4v) is 2.50. The van der Waals surface area contributed by atoms with Crippen LogP contribution in [-0.2, 0) is 4.79 Å². The number of hydrogen-bond acceptors (Lipinski definition) is 4.